The summed E-state index contributed by atoms with van der Waals surface area (Å²) in [6.07, 6.45) is 0. The molecule has 0 fully saturated rings. The van der Waals surface area contributed by atoms with Gasteiger partial charge < -0.3 is 4.90 Å². The van der Waals surface area contributed by atoms with E-state index in [2.05, 4.69) is 29.8 Å². The second-order valence-electron chi connectivity index (χ2n) is 5.46. The highest BCUT2D eigenvalue weighted by atomic mass is 16.1. The molecule has 0 aliphatic carbocycles. The zero-order chi connectivity index (χ0) is 14.8. The first-order valence-corrected chi connectivity index (χ1v) is 7.20. The van der Waals surface area contributed by atoms with Crippen molar-refractivity contribution in [1.82, 2.24) is 0 Å². The van der Waals surface area contributed by atoms with Crippen LogP contribution in [0.25, 0.3) is 0 Å². The Bertz CT molecular complexity index is 689. The summed E-state index contributed by atoms with van der Waals surface area (Å²) in [6.45, 7) is 4.51. The van der Waals surface area contributed by atoms with Gasteiger partial charge in [0.1, 0.15) is 0 Å². The van der Waals surface area contributed by atoms with Crippen LogP contribution in [0, 0.1) is 0 Å². The fraction of sp³-hybridized carbons (Fsp3) is 0.222. The van der Waals surface area contributed by atoms with E-state index in [1.807, 2.05) is 48.5 Å². The predicted molar refractivity (Wildman–Crippen MR) is 86.0 cm³/mol. The van der Waals surface area contributed by atoms with Gasteiger partial charge in [0.05, 0.1) is 12.3 Å². The van der Waals surface area contributed by atoms with Gasteiger partial charge in [-0.15, -0.1) is 0 Å². The number of aliphatic imine (C=N–C) groups is 1. The number of fused-ring (bicyclic) bond motifs is 1. The van der Waals surface area contributed by atoms with Crippen LogP contribution < -0.4 is 4.90 Å². The first kappa shape index (κ1) is 13.6. The van der Waals surface area contributed by atoms with E-state index in [1.165, 1.54) is 0 Å². The molecule has 2 aromatic carbocycles. The molecule has 3 rings (SSSR count). The third kappa shape index (κ3) is 2.59. The number of carbonyl (C=O) groups is 1. The molecular weight excluding hydrogens is 260 g/mol. The number of benzodiazepines with no additional fused rings is 1. The number of nitrogens with zero attached hydrogens (tertiary/aromatic N) is 2. The number of amides is 1. The Hall–Kier alpha value is -2.42. The molecular formula is C18H18N2O. The van der Waals surface area contributed by atoms with E-state index in [0.29, 0.717) is 6.54 Å². The number of carbonyl (C=O) groups excluding carboxylic acids is 1. The van der Waals surface area contributed by atoms with Crippen LogP contribution in [0.3, 0.4) is 0 Å². The van der Waals surface area contributed by atoms with Gasteiger partial charge >= 0.3 is 0 Å². The van der Waals surface area contributed by atoms with Crippen LogP contribution in [-0.2, 0) is 4.79 Å². The first-order valence-electron chi connectivity index (χ1n) is 7.20. The van der Waals surface area contributed by atoms with Crippen LogP contribution in [-0.4, -0.2) is 24.2 Å². The van der Waals surface area contributed by atoms with Crippen LogP contribution >= 0.6 is 0 Å². The van der Waals surface area contributed by atoms with Gasteiger partial charge in [-0.3, -0.25) is 4.79 Å². The Balaban J connectivity index is 2.20. The fourth-order valence-corrected chi connectivity index (χ4v) is 2.65. The predicted octanol–water partition coefficient (Wildman–Crippen LogP) is 3.28. The summed E-state index contributed by atoms with van der Waals surface area (Å²) in [6, 6.07) is 18.2. The van der Waals surface area contributed by atoms with Crippen LogP contribution in [0.5, 0.6) is 0 Å². The zero-order valence-electron chi connectivity index (χ0n) is 12.3. The summed E-state index contributed by atoms with van der Waals surface area (Å²) < 4.78 is 0. The molecule has 1 aliphatic heterocycles. The molecule has 21 heavy (non-hydrogen) atoms. The Labute approximate surface area is 124 Å². The average Bonchev–Trinajstić information content (AvgIpc) is 2.65. The molecule has 0 saturated heterocycles. The Morgan fingerprint density at radius 3 is 2.38 bits per heavy atom. The minimum absolute atomic E-state index is 0.0984. The van der Waals surface area contributed by atoms with Crippen molar-refractivity contribution >= 4 is 17.3 Å². The fourth-order valence-electron chi connectivity index (χ4n) is 2.65. The Kier molecular flexibility index (Phi) is 3.57. The summed E-state index contributed by atoms with van der Waals surface area (Å²) in [4.78, 5) is 18.7. The standard InChI is InChI=1S/C18H18N2O/c1-13(2)20-12-17(21)19-18(14-8-4-3-5-9-14)15-10-6-7-11-16(15)20/h3-11,13H,12H2,1-2H3. The third-order valence-corrected chi connectivity index (χ3v) is 3.68. The number of anilines is 1. The molecule has 0 N–H and O–H groups in total. The maximum Gasteiger partial charge on any atom is 0.265 e. The highest BCUT2D eigenvalue weighted by Crippen LogP contribution is 2.27. The molecule has 0 unspecified atom stereocenters. The lowest BCUT2D eigenvalue weighted by molar-refractivity contribution is -0.116. The number of hydrogen-bond acceptors (Lipinski definition) is 2. The smallest absolute Gasteiger partial charge is 0.265 e. The quantitative estimate of drug-likeness (QED) is 0.844. The van der Waals surface area contributed by atoms with E-state index in [1.54, 1.807) is 0 Å². The molecule has 106 valence electrons. The number of hydrogen-bond donors (Lipinski definition) is 0. The van der Waals surface area contributed by atoms with E-state index in [0.717, 1.165) is 22.5 Å². The van der Waals surface area contributed by atoms with E-state index in [9.17, 15) is 4.79 Å². The molecule has 3 heteroatoms. The average molecular weight is 278 g/mol. The van der Waals surface area contributed by atoms with Crippen molar-refractivity contribution in [3.8, 4) is 0 Å². The van der Waals surface area contributed by atoms with Crippen LogP contribution in [0.1, 0.15) is 25.0 Å². The maximum atomic E-state index is 12.2. The minimum Gasteiger partial charge on any atom is -0.359 e. The van der Waals surface area contributed by atoms with Crippen molar-refractivity contribution in [3.05, 3.63) is 65.7 Å². The van der Waals surface area contributed by atoms with Gasteiger partial charge in [-0.25, -0.2) is 4.99 Å². The largest absolute Gasteiger partial charge is 0.359 e. The molecule has 1 heterocycles. The summed E-state index contributed by atoms with van der Waals surface area (Å²) >= 11 is 0. The second kappa shape index (κ2) is 5.52. The van der Waals surface area contributed by atoms with Crippen molar-refractivity contribution in [2.75, 3.05) is 11.4 Å². The molecule has 2 aromatic rings. The molecule has 0 saturated carbocycles. The highest BCUT2D eigenvalue weighted by molar-refractivity contribution is 6.20. The molecule has 1 amide bonds. The second-order valence-corrected chi connectivity index (χ2v) is 5.46. The van der Waals surface area contributed by atoms with Crippen LogP contribution in [0.2, 0.25) is 0 Å². The van der Waals surface area contributed by atoms with Crippen LogP contribution in [0.4, 0.5) is 5.69 Å². The molecule has 0 bridgehead atoms. The summed E-state index contributed by atoms with van der Waals surface area (Å²) in [5.41, 5.74) is 3.83. The lowest BCUT2D eigenvalue weighted by atomic mass is 10.00. The molecule has 0 spiro atoms. The number of benzene rings is 2. The monoisotopic (exact) mass is 278 g/mol. The summed E-state index contributed by atoms with van der Waals surface area (Å²) in [5, 5.41) is 0. The summed E-state index contributed by atoms with van der Waals surface area (Å²) in [5.74, 6) is -0.0984. The molecule has 1 aliphatic rings. The van der Waals surface area contributed by atoms with Gasteiger partial charge in [-0.2, -0.15) is 0 Å². The van der Waals surface area contributed by atoms with E-state index in [4.69, 9.17) is 0 Å². The van der Waals surface area contributed by atoms with Gasteiger partial charge in [0.25, 0.3) is 5.91 Å². The highest BCUT2D eigenvalue weighted by Gasteiger charge is 2.24. The molecule has 0 radical (unpaired) electrons. The third-order valence-electron chi connectivity index (χ3n) is 3.68. The maximum absolute atomic E-state index is 12.2. The first-order chi connectivity index (χ1) is 10.2. The molecule has 0 atom stereocenters. The number of rotatable bonds is 2. The van der Waals surface area contributed by atoms with Crippen molar-refractivity contribution in [1.29, 1.82) is 0 Å². The normalized spacial score (nSPS) is 14.7. The summed E-state index contributed by atoms with van der Waals surface area (Å²) in [7, 11) is 0. The molecule has 0 aromatic heterocycles. The van der Waals surface area contributed by atoms with Gasteiger partial charge in [-0.05, 0) is 19.9 Å². The van der Waals surface area contributed by atoms with Gasteiger partial charge in [0, 0.05) is 22.9 Å². The lowest BCUT2D eigenvalue weighted by Crippen LogP contribution is -2.34. The Morgan fingerprint density at radius 1 is 1.00 bits per heavy atom. The van der Waals surface area contributed by atoms with Crippen molar-refractivity contribution < 1.29 is 4.79 Å². The van der Waals surface area contributed by atoms with Gasteiger partial charge in [0.15, 0.2) is 0 Å². The number of para-hydroxylation sites is 1. The van der Waals surface area contributed by atoms with E-state index >= 15 is 0 Å². The van der Waals surface area contributed by atoms with E-state index < -0.39 is 0 Å². The van der Waals surface area contributed by atoms with Gasteiger partial charge in [0.2, 0.25) is 0 Å². The van der Waals surface area contributed by atoms with Crippen LogP contribution in [0.15, 0.2) is 59.6 Å². The van der Waals surface area contributed by atoms with Crippen molar-refractivity contribution in [2.45, 2.75) is 19.9 Å². The topological polar surface area (TPSA) is 32.7 Å². The molecule has 3 nitrogen and oxygen atoms in total. The van der Waals surface area contributed by atoms with Gasteiger partial charge in [-0.1, -0.05) is 48.5 Å². The van der Waals surface area contributed by atoms with E-state index in [-0.39, 0.29) is 11.9 Å². The minimum atomic E-state index is -0.0984. The lowest BCUT2D eigenvalue weighted by Gasteiger charge is -2.28. The Morgan fingerprint density at radius 2 is 1.67 bits per heavy atom. The van der Waals surface area contributed by atoms with Crippen molar-refractivity contribution in [3.63, 3.8) is 0 Å². The SMILES string of the molecule is CC(C)N1CC(=O)N=C(c2ccccc2)c2ccccc21. The zero-order valence-corrected chi connectivity index (χ0v) is 12.3. The van der Waals surface area contributed by atoms with Crippen molar-refractivity contribution in [2.24, 2.45) is 4.99 Å².